The van der Waals surface area contributed by atoms with Crippen LogP contribution in [0.25, 0.3) is 0 Å². The Hall–Kier alpha value is -2.11. The Morgan fingerprint density at radius 1 is 1.30 bits per heavy atom. The van der Waals surface area contributed by atoms with Crippen LogP contribution in [0.15, 0.2) is 24.3 Å². The zero-order valence-electron chi connectivity index (χ0n) is 11.5. The van der Waals surface area contributed by atoms with E-state index in [-0.39, 0.29) is 0 Å². The third-order valence-electron chi connectivity index (χ3n) is 2.90. The molecule has 0 bridgehead atoms. The average molecular weight is 282 g/mol. The van der Waals surface area contributed by atoms with Crippen LogP contribution < -0.4 is 10.6 Å². The number of carbonyl (C=O) groups is 2. The molecule has 0 fully saturated rings. The molecule has 0 aromatic heterocycles. The van der Waals surface area contributed by atoms with E-state index in [9.17, 15) is 14.0 Å². The number of nitrogens with one attached hydrogen (secondary N) is 2. The molecule has 3 N–H and O–H groups in total. The number of hydrogen-bond donors (Lipinski definition) is 3. The normalized spacial score (nSPS) is 13.3. The van der Waals surface area contributed by atoms with Gasteiger partial charge in [0, 0.05) is 5.56 Å². The van der Waals surface area contributed by atoms with Gasteiger partial charge in [-0.1, -0.05) is 31.5 Å². The van der Waals surface area contributed by atoms with Gasteiger partial charge < -0.3 is 15.7 Å². The van der Waals surface area contributed by atoms with Crippen LogP contribution in [0, 0.1) is 5.82 Å². The van der Waals surface area contributed by atoms with Gasteiger partial charge >= 0.3 is 12.0 Å². The maximum absolute atomic E-state index is 13.5. The van der Waals surface area contributed by atoms with Crippen molar-refractivity contribution in [1.82, 2.24) is 10.6 Å². The highest BCUT2D eigenvalue weighted by Crippen LogP contribution is 2.15. The second kappa shape index (κ2) is 7.47. The van der Waals surface area contributed by atoms with Crippen LogP contribution in [-0.2, 0) is 4.79 Å². The van der Waals surface area contributed by atoms with E-state index in [0.29, 0.717) is 18.4 Å². The lowest BCUT2D eigenvalue weighted by Crippen LogP contribution is -2.46. The molecule has 0 aliphatic rings. The molecule has 0 spiro atoms. The van der Waals surface area contributed by atoms with Crippen LogP contribution in [0.5, 0.6) is 0 Å². The molecule has 20 heavy (non-hydrogen) atoms. The fourth-order valence-electron chi connectivity index (χ4n) is 1.85. The van der Waals surface area contributed by atoms with Gasteiger partial charge in [0.1, 0.15) is 11.9 Å². The van der Waals surface area contributed by atoms with Crippen molar-refractivity contribution in [3.8, 4) is 0 Å². The fraction of sp³-hybridized carbons (Fsp3) is 0.429. The summed E-state index contributed by atoms with van der Waals surface area (Å²) in [4.78, 5) is 22.7. The third kappa shape index (κ3) is 4.53. The standard InChI is InChI=1S/C14H19FN2O3/c1-3-6-12(13(18)19)17-14(20)16-9(2)10-7-4-5-8-11(10)15/h4-5,7-9,12H,3,6H2,1-2H3,(H,18,19)(H2,16,17,20)/t9?,12-/m0/s1. The van der Waals surface area contributed by atoms with Crippen LogP contribution in [-0.4, -0.2) is 23.1 Å². The maximum Gasteiger partial charge on any atom is 0.326 e. The highest BCUT2D eigenvalue weighted by Gasteiger charge is 2.20. The summed E-state index contributed by atoms with van der Waals surface area (Å²) in [7, 11) is 0. The molecule has 1 aromatic rings. The summed E-state index contributed by atoms with van der Waals surface area (Å²) in [5.74, 6) is -1.50. The predicted molar refractivity (Wildman–Crippen MR) is 72.8 cm³/mol. The Morgan fingerprint density at radius 2 is 1.95 bits per heavy atom. The molecule has 0 radical (unpaired) electrons. The summed E-state index contributed by atoms with van der Waals surface area (Å²) < 4.78 is 13.5. The maximum atomic E-state index is 13.5. The van der Waals surface area contributed by atoms with Crippen LogP contribution in [0.1, 0.15) is 38.3 Å². The van der Waals surface area contributed by atoms with Crippen molar-refractivity contribution in [2.45, 2.75) is 38.8 Å². The number of carboxylic acids is 1. The minimum atomic E-state index is -1.08. The summed E-state index contributed by atoms with van der Waals surface area (Å²) in [5, 5.41) is 13.8. The lowest BCUT2D eigenvalue weighted by molar-refractivity contribution is -0.139. The second-order valence-corrected chi connectivity index (χ2v) is 4.54. The molecule has 0 aliphatic heterocycles. The van der Waals surface area contributed by atoms with Crippen molar-refractivity contribution in [3.63, 3.8) is 0 Å². The van der Waals surface area contributed by atoms with Crippen molar-refractivity contribution >= 4 is 12.0 Å². The summed E-state index contributed by atoms with van der Waals surface area (Å²) in [6.07, 6.45) is 0.983. The average Bonchev–Trinajstić information content (AvgIpc) is 2.38. The Morgan fingerprint density at radius 3 is 2.50 bits per heavy atom. The van der Waals surface area contributed by atoms with Gasteiger partial charge in [0.2, 0.25) is 0 Å². The fourth-order valence-corrected chi connectivity index (χ4v) is 1.85. The second-order valence-electron chi connectivity index (χ2n) is 4.54. The van der Waals surface area contributed by atoms with Gasteiger partial charge in [-0.25, -0.2) is 14.0 Å². The van der Waals surface area contributed by atoms with E-state index in [1.807, 2.05) is 6.92 Å². The minimum absolute atomic E-state index is 0.344. The number of amides is 2. The van der Waals surface area contributed by atoms with E-state index >= 15 is 0 Å². The summed E-state index contributed by atoms with van der Waals surface area (Å²) >= 11 is 0. The Kier molecular flexibility index (Phi) is 5.96. The van der Waals surface area contributed by atoms with E-state index in [0.717, 1.165) is 0 Å². The van der Waals surface area contributed by atoms with Crippen molar-refractivity contribution in [2.24, 2.45) is 0 Å². The molecule has 0 aliphatic carbocycles. The molecule has 0 saturated carbocycles. The molecule has 6 heteroatoms. The van der Waals surface area contributed by atoms with Gasteiger partial charge in [-0.2, -0.15) is 0 Å². The van der Waals surface area contributed by atoms with Gasteiger partial charge in [0.15, 0.2) is 0 Å². The monoisotopic (exact) mass is 282 g/mol. The smallest absolute Gasteiger partial charge is 0.326 e. The summed E-state index contributed by atoms with van der Waals surface area (Å²) in [5.41, 5.74) is 0.352. The topological polar surface area (TPSA) is 78.4 Å². The van der Waals surface area contributed by atoms with Gasteiger partial charge in [0.05, 0.1) is 6.04 Å². The number of carboxylic acid groups (broad SMARTS) is 1. The molecule has 1 unspecified atom stereocenters. The van der Waals surface area contributed by atoms with Crippen LogP contribution >= 0.6 is 0 Å². The lowest BCUT2D eigenvalue weighted by Gasteiger charge is -2.18. The molecule has 2 atom stereocenters. The molecule has 1 rings (SSSR count). The molecule has 1 aromatic carbocycles. The van der Waals surface area contributed by atoms with Gasteiger partial charge in [0.25, 0.3) is 0 Å². The van der Waals surface area contributed by atoms with E-state index in [4.69, 9.17) is 5.11 Å². The van der Waals surface area contributed by atoms with Crippen molar-refractivity contribution in [2.75, 3.05) is 0 Å². The van der Waals surface area contributed by atoms with Gasteiger partial charge in [-0.05, 0) is 19.4 Å². The van der Waals surface area contributed by atoms with Crippen LogP contribution in [0.3, 0.4) is 0 Å². The highest BCUT2D eigenvalue weighted by atomic mass is 19.1. The van der Waals surface area contributed by atoms with E-state index in [1.54, 1.807) is 25.1 Å². The number of aliphatic carboxylic acids is 1. The molecule has 110 valence electrons. The number of urea groups is 1. The number of halogens is 1. The largest absolute Gasteiger partial charge is 0.480 e. The molecule has 0 heterocycles. The van der Waals surface area contributed by atoms with E-state index in [1.165, 1.54) is 6.07 Å². The highest BCUT2D eigenvalue weighted by molar-refractivity contribution is 5.82. The Bertz CT molecular complexity index is 479. The minimum Gasteiger partial charge on any atom is -0.480 e. The molecule has 5 nitrogen and oxygen atoms in total. The summed E-state index contributed by atoms with van der Waals surface area (Å²) in [6.45, 7) is 3.46. The predicted octanol–water partition coefficient (Wildman–Crippen LogP) is 2.44. The summed E-state index contributed by atoms with van der Waals surface area (Å²) in [6, 6.07) is 4.00. The van der Waals surface area contributed by atoms with Gasteiger partial charge in [-0.15, -0.1) is 0 Å². The third-order valence-corrected chi connectivity index (χ3v) is 2.90. The van der Waals surface area contributed by atoms with E-state index in [2.05, 4.69) is 10.6 Å². The first-order valence-electron chi connectivity index (χ1n) is 6.50. The molecule has 2 amide bonds. The number of benzene rings is 1. The number of rotatable bonds is 6. The Balaban J connectivity index is 2.62. The Labute approximate surface area is 117 Å². The van der Waals surface area contributed by atoms with Crippen LogP contribution in [0.4, 0.5) is 9.18 Å². The first-order chi connectivity index (χ1) is 9.45. The first-order valence-corrected chi connectivity index (χ1v) is 6.50. The molecular weight excluding hydrogens is 263 g/mol. The number of carbonyl (C=O) groups excluding carboxylic acids is 1. The molecular formula is C14H19FN2O3. The number of hydrogen-bond acceptors (Lipinski definition) is 2. The zero-order chi connectivity index (χ0) is 15.1. The first kappa shape index (κ1) is 15.9. The van der Waals surface area contributed by atoms with Crippen molar-refractivity contribution in [1.29, 1.82) is 0 Å². The van der Waals surface area contributed by atoms with Crippen LogP contribution in [0.2, 0.25) is 0 Å². The SMILES string of the molecule is CCC[C@H](NC(=O)NC(C)c1ccccc1F)C(=O)O. The van der Waals surface area contributed by atoms with Gasteiger partial charge in [-0.3, -0.25) is 0 Å². The van der Waals surface area contributed by atoms with Crippen molar-refractivity contribution in [3.05, 3.63) is 35.6 Å². The van der Waals surface area contributed by atoms with Crippen molar-refractivity contribution < 1.29 is 19.1 Å². The quantitative estimate of drug-likeness (QED) is 0.750. The van der Waals surface area contributed by atoms with E-state index < -0.39 is 29.9 Å². The molecule has 0 saturated heterocycles. The lowest BCUT2D eigenvalue weighted by atomic mass is 10.1. The zero-order valence-corrected chi connectivity index (χ0v) is 11.5.